The summed E-state index contributed by atoms with van der Waals surface area (Å²) in [5.74, 6) is -0.983. The van der Waals surface area contributed by atoms with Crippen molar-refractivity contribution < 1.29 is 9.90 Å². The summed E-state index contributed by atoms with van der Waals surface area (Å²) in [6.07, 6.45) is 3.22. The van der Waals surface area contributed by atoms with Gasteiger partial charge in [0.2, 0.25) is 0 Å². The summed E-state index contributed by atoms with van der Waals surface area (Å²) < 4.78 is 0. The molecule has 1 aliphatic carbocycles. The molecule has 0 amide bonds. The van der Waals surface area contributed by atoms with Crippen LogP contribution in [-0.2, 0) is 4.79 Å². The second-order valence-electron chi connectivity index (χ2n) is 4.07. The second kappa shape index (κ2) is 3.93. The normalized spacial score (nSPS) is 18.7. The molecule has 0 saturated heterocycles. The first kappa shape index (κ1) is 10.0. The third-order valence-electron chi connectivity index (χ3n) is 3.01. The van der Waals surface area contributed by atoms with Crippen molar-refractivity contribution in [1.29, 1.82) is 0 Å². The third-order valence-corrected chi connectivity index (χ3v) is 3.01. The largest absolute Gasteiger partial charge is 0.548 e. The van der Waals surface area contributed by atoms with E-state index in [-0.39, 0.29) is 0 Å². The monoisotopic (exact) mass is 204 g/mol. The number of benzene rings is 1. The molecule has 0 unspecified atom stereocenters. The number of nitrogens with one attached hydrogen (secondary N) is 1. The van der Waals surface area contributed by atoms with Crippen molar-refractivity contribution in [2.24, 2.45) is 0 Å². The van der Waals surface area contributed by atoms with E-state index < -0.39 is 11.5 Å². The molecule has 0 heterocycles. The van der Waals surface area contributed by atoms with Crippen LogP contribution in [0.4, 0.5) is 5.69 Å². The molecular weight excluding hydrogens is 190 g/mol. The van der Waals surface area contributed by atoms with Crippen LogP contribution in [0.2, 0.25) is 0 Å². The van der Waals surface area contributed by atoms with E-state index >= 15 is 0 Å². The molecule has 1 aromatic rings. The number of para-hydroxylation sites is 1. The fourth-order valence-electron chi connectivity index (χ4n) is 2.16. The van der Waals surface area contributed by atoms with Crippen molar-refractivity contribution in [2.45, 2.75) is 31.2 Å². The van der Waals surface area contributed by atoms with Gasteiger partial charge in [-0.05, 0) is 25.0 Å². The van der Waals surface area contributed by atoms with E-state index in [1.807, 2.05) is 30.3 Å². The van der Waals surface area contributed by atoms with Gasteiger partial charge in [0.15, 0.2) is 0 Å². The number of hydrogen-bond acceptors (Lipinski definition) is 3. The van der Waals surface area contributed by atoms with Crippen LogP contribution in [0.3, 0.4) is 0 Å². The van der Waals surface area contributed by atoms with Gasteiger partial charge in [-0.3, -0.25) is 0 Å². The first-order valence-electron chi connectivity index (χ1n) is 5.28. The molecule has 3 heteroatoms. The number of anilines is 1. The Morgan fingerprint density at radius 2 is 1.80 bits per heavy atom. The fraction of sp³-hybridized carbons (Fsp3) is 0.417. The highest BCUT2D eigenvalue weighted by Gasteiger charge is 2.35. The summed E-state index contributed by atoms with van der Waals surface area (Å²) in [4.78, 5) is 11.2. The van der Waals surface area contributed by atoms with Gasteiger partial charge in [0.25, 0.3) is 0 Å². The van der Waals surface area contributed by atoms with Crippen molar-refractivity contribution in [1.82, 2.24) is 0 Å². The number of rotatable bonds is 3. The highest BCUT2D eigenvalue weighted by atomic mass is 16.4. The van der Waals surface area contributed by atoms with Gasteiger partial charge in [-0.15, -0.1) is 0 Å². The minimum atomic E-state index is -0.983. The zero-order valence-corrected chi connectivity index (χ0v) is 8.53. The fourth-order valence-corrected chi connectivity index (χ4v) is 2.16. The van der Waals surface area contributed by atoms with E-state index in [4.69, 9.17) is 0 Å². The average molecular weight is 204 g/mol. The van der Waals surface area contributed by atoms with E-state index in [0.717, 1.165) is 18.5 Å². The maximum absolute atomic E-state index is 11.2. The van der Waals surface area contributed by atoms with Gasteiger partial charge >= 0.3 is 0 Å². The van der Waals surface area contributed by atoms with Crippen LogP contribution in [-0.4, -0.2) is 11.5 Å². The van der Waals surface area contributed by atoms with E-state index in [1.54, 1.807) is 0 Å². The van der Waals surface area contributed by atoms with Crippen LogP contribution in [0.25, 0.3) is 0 Å². The first-order valence-corrected chi connectivity index (χ1v) is 5.28. The highest BCUT2D eigenvalue weighted by Crippen LogP contribution is 2.32. The van der Waals surface area contributed by atoms with Crippen LogP contribution >= 0.6 is 0 Å². The lowest BCUT2D eigenvalue weighted by Crippen LogP contribution is -2.52. The van der Waals surface area contributed by atoms with Crippen LogP contribution in [0.15, 0.2) is 30.3 Å². The molecule has 1 aromatic carbocycles. The van der Waals surface area contributed by atoms with Gasteiger partial charge in [-0.1, -0.05) is 31.0 Å². The number of carbonyl (C=O) groups is 1. The number of carboxylic acids is 1. The summed E-state index contributed by atoms with van der Waals surface area (Å²) in [5.41, 5.74) is 0.00468. The Morgan fingerprint density at radius 1 is 1.20 bits per heavy atom. The van der Waals surface area contributed by atoms with E-state index in [0.29, 0.717) is 12.8 Å². The van der Waals surface area contributed by atoms with E-state index in [9.17, 15) is 9.90 Å². The first-order chi connectivity index (χ1) is 7.23. The van der Waals surface area contributed by atoms with Gasteiger partial charge in [0, 0.05) is 5.69 Å². The van der Waals surface area contributed by atoms with Crippen LogP contribution < -0.4 is 10.4 Å². The molecule has 15 heavy (non-hydrogen) atoms. The van der Waals surface area contributed by atoms with Crippen LogP contribution in [0.1, 0.15) is 25.7 Å². The standard InChI is InChI=1S/C12H15NO2/c14-11(15)12(8-4-5-9-12)13-10-6-2-1-3-7-10/h1-3,6-7,13H,4-5,8-9H2,(H,14,15)/p-1. The van der Waals surface area contributed by atoms with Crippen molar-refractivity contribution in [3.63, 3.8) is 0 Å². The predicted octanol–water partition coefficient (Wildman–Crippen LogP) is 1.16. The molecule has 0 aliphatic heterocycles. The molecule has 0 bridgehead atoms. The minimum absolute atomic E-state index is 0.657. The molecule has 1 saturated carbocycles. The summed E-state index contributed by atoms with van der Waals surface area (Å²) in [7, 11) is 0. The third kappa shape index (κ3) is 1.96. The minimum Gasteiger partial charge on any atom is -0.548 e. The molecular formula is C12H14NO2-. The smallest absolute Gasteiger partial charge is 0.0769 e. The van der Waals surface area contributed by atoms with Gasteiger partial charge in [0.05, 0.1) is 11.5 Å². The molecule has 2 rings (SSSR count). The van der Waals surface area contributed by atoms with E-state index in [1.165, 1.54) is 0 Å². The lowest BCUT2D eigenvalue weighted by atomic mass is 9.97. The van der Waals surface area contributed by atoms with E-state index in [2.05, 4.69) is 5.32 Å². The Labute approximate surface area is 89.1 Å². The maximum Gasteiger partial charge on any atom is 0.0769 e. The topological polar surface area (TPSA) is 52.2 Å². The molecule has 1 aliphatic rings. The van der Waals surface area contributed by atoms with Crippen LogP contribution in [0, 0.1) is 0 Å². The SMILES string of the molecule is O=C([O-])C1(Nc2ccccc2)CCCC1. The van der Waals surface area contributed by atoms with Gasteiger partial charge in [0.1, 0.15) is 0 Å². The Bertz CT molecular complexity index is 342. The predicted molar refractivity (Wildman–Crippen MR) is 56.3 cm³/mol. The zero-order valence-electron chi connectivity index (χ0n) is 8.53. The number of carboxylic acid groups (broad SMARTS) is 1. The molecule has 1 fully saturated rings. The molecule has 0 radical (unpaired) electrons. The van der Waals surface area contributed by atoms with Crippen molar-refractivity contribution in [3.05, 3.63) is 30.3 Å². The highest BCUT2D eigenvalue weighted by molar-refractivity contribution is 5.81. The zero-order chi connectivity index (χ0) is 10.7. The maximum atomic E-state index is 11.2. The van der Waals surface area contributed by atoms with Gasteiger partial charge in [-0.2, -0.15) is 0 Å². The van der Waals surface area contributed by atoms with Crippen LogP contribution in [0.5, 0.6) is 0 Å². The van der Waals surface area contributed by atoms with Crippen molar-refractivity contribution in [2.75, 3.05) is 5.32 Å². The molecule has 1 N–H and O–H groups in total. The molecule has 0 atom stereocenters. The van der Waals surface area contributed by atoms with Gasteiger partial charge in [-0.25, -0.2) is 0 Å². The lowest BCUT2D eigenvalue weighted by molar-refractivity contribution is -0.311. The number of carbonyl (C=O) groups excluding carboxylic acids is 1. The Morgan fingerprint density at radius 3 is 2.33 bits per heavy atom. The Balaban J connectivity index is 2.18. The molecule has 3 nitrogen and oxygen atoms in total. The molecule has 0 aromatic heterocycles. The quantitative estimate of drug-likeness (QED) is 0.803. The van der Waals surface area contributed by atoms with Crippen molar-refractivity contribution in [3.8, 4) is 0 Å². The van der Waals surface area contributed by atoms with Crippen molar-refractivity contribution >= 4 is 11.7 Å². The summed E-state index contributed by atoms with van der Waals surface area (Å²) in [6, 6.07) is 9.44. The lowest BCUT2D eigenvalue weighted by Gasteiger charge is -2.32. The summed E-state index contributed by atoms with van der Waals surface area (Å²) >= 11 is 0. The average Bonchev–Trinajstić information content (AvgIpc) is 2.69. The summed E-state index contributed by atoms with van der Waals surface area (Å²) in [6.45, 7) is 0. The molecule has 80 valence electrons. The second-order valence-corrected chi connectivity index (χ2v) is 4.07. The number of aliphatic carboxylic acids is 1. The Kier molecular flexibility index (Phi) is 2.62. The van der Waals surface area contributed by atoms with Gasteiger partial charge < -0.3 is 15.2 Å². The molecule has 0 spiro atoms. The number of hydrogen-bond donors (Lipinski definition) is 1. The summed E-state index contributed by atoms with van der Waals surface area (Å²) in [5, 5.41) is 14.2. The Hall–Kier alpha value is -1.51.